The van der Waals surface area contributed by atoms with E-state index in [9.17, 15) is 9.18 Å². The minimum atomic E-state index is -0.424. The summed E-state index contributed by atoms with van der Waals surface area (Å²) in [4.78, 5) is 12.4. The molecule has 1 aliphatic heterocycles. The van der Waals surface area contributed by atoms with Crippen molar-refractivity contribution in [3.8, 4) is 0 Å². The number of benzene rings is 3. The van der Waals surface area contributed by atoms with E-state index in [4.69, 9.17) is 11.6 Å². The van der Waals surface area contributed by atoms with Crippen molar-refractivity contribution in [3.63, 3.8) is 0 Å². The highest BCUT2D eigenvalue weighted by atomic mass is 35.5. The average Bonchev–Trinajstić information content (AvgIpc) is 2.76. The van der Waals surface area contributed by atoms with Gasteiger partial charge >= 0.3 is 0 Å². The summed E-state index contributed by atoms with van der Waals surface area (Å²) in [6.07, 6.45) is 2.56. The molecule has 1 heterocycles. The summed E-state index contributed by atoms with van der Waals surface area (Å²) in [7, 11) is 0. The van der Waals surface area contributed by atoms with Crippen molar-refractivity contribution in [3.05, 3.63) is 99.8 Å². The van der Waals surface area contributed by atoms with Gasteiger partial charge in [-0.2, -0.15) is 0 Å². The maximum atomic E-state index is 13.7. The number of halogens is 2. The van der Waals surface area contributed by atoms with Gasteiger partial charge in [-0.3, -0.25) is 9.52 Å². The maximum absolute atomic E-state index is 13.7. The van der Waals surface area contributed by atoms with E-state index >= 15 is 0 Å². The van der Waals surface area contributed by atoms with Crippen molar-refractivity contribution < 1.29 is 9.18 Å². The van der Waals surface area contributed by atoms with Crippen molar-refractivity contribution in [2.24, 2.45) is 0 Å². The molecule has 0 aromatic heterocycles. The summed E-state index contributed by atoms with van der Waals surface area (Å²) >= 11 is 7.34. The second-order valence-corrected chi connectivity index (χ2v) is 8.69. The van der Waals surface area contributed by atoms with Crippen LogP contribution in [0, 0.1) is 5.82 Å². The summed E-state index contributed by atoms with van der Waals surface area (Å²) in [5.41, 5.74) is 4.39. The Morgan fingerprint density at radius 1 is 1.17 bits per heavy atom. The first-order valence-corrected chi connectivity index (χ1v) is 11.3. The molecule has 0 spiro atoms. The van der Waals surface area contributed by atoms with Crippen LogP contribution in [-0.4, -0.2) is 12.2 Å². The van der Waals surface area contributed by atoms with Gasteiger partial charge in [0.1, 0.15) is 5.82 Å². The molecule has 0 fully saturated rings. The monoisotopic (exact) mass is 440 g/mol. The molecule has 2 unspecified atom stereocenters. The van der Waals surface area contributed by atoms with Gasteiger partial charge in [0.15, 0.2) is 0 Å². The number of nitrogens with one attached hydrogen (secondary N) is 2. The van der Waals surface area contributed by atoms with Gasteiger partial charge in [0.25, 0.3) is 5.91 Å². The van der Waals surface area contributed by atoms with Crippen LogP contribution >= 0.6 is 23.5 Å². The number of fused-ring (bicyclic) bond motifs is 1. The molecule has 0 aliphatic carbocycles. The highest BCUT2D eigenvalue weighted by Gasteiger charge is 2.39. The number of carbonyl (C=O) groups is 1. The summed E-state index contributed by atoms with van der Waals surface area (Å²) in [5.74, 6) is -0.542. The van der Waals surface area contributed by atoms with Crippen LogP contribution in [-0.2, 0) is 5.41 Å². The van der Waals surface area contributed by atoms with Crippen molar-refractivity contribution in [1.82, 2.24) is 4.72 Å². The van der Waals surface area contributed by atoms with Crippen LogP contribution in [0.4, 0.5) is 10.1 Å². The van der Waals surface area contributed by atoms with Crippen molar-refractivity contribution in [2.45, 2.75) is 24.8 Å². The molecule has 3 aromatic carbocycles. The molecule has 0 saturated heterocycles. The Labute approximate surface area is 185 Å². The summed E-state index contributed by atoms with van der Waals surface area (Å²) in [6, 6.07) is 20.8. The zero-order valence-electron chi connectivity index (χ0n) is 16.7. The third kappa shape index (κ3) is 3.80. The van der Waals surface area contributed by atoms with Gasteiger partial charge in [-0.25, -0.2) is 4.39 Å². The van der Waals surface area contributed by atoms with Crippen LogP contribution in [0.15, 0.2) is 66.7 Å². The van der Waals surface area contributed by atoms with E-state index < -0.39 is 5.82 Å². The third-order valence-corrected chi connectivity index (χ3v) is 6.45. The Morgan fingerprint density at radius 2 is 1.93 bits per heavy atom. The molecule has 30 heavy (non-hydrogen) atoms. The van der Waals surface area contributed by atoms with Gasteiger partial charge in [-0.1, -0.05) is 66.9 Å². The molecule has 6 heteroatoms. The van der Waals surface area contributed by atoms with Crippen LogP contribution < -0.4 is 10.0 Å². The van der Waals surface area contributed by atoms with Gasteiger partial charge in [-0.05, 0) is 53.4 Å². The second kappa shape index (κ2) is 8.32. The normalized spacial score (nSPS) is 20.2. The number of amides is 1. The molecule has 1 amide bonds. The Hall–Kier alpha value is -2.50. The lowest BCUT2D eigenvalue weighted by atomic mass is 9.68. The van der Waals surface area contributed by atoms with Gasteiger partial charge in [-0.15, -0.1) is 0 Å². The summed E-state index contributed by atoms with van der Waals surface area (Å²) < 4.78 is 16.5. The zero-order valence-corrected chi connectivity index (χ0v) is 18.3. The van der Waals surface area contributed by atoms with E-state index in [0.29, 0.717) is 5.56 Å². The second-order valence-electron chi connectivity index (χ2n) is 7.67. The Bertz CT molecular complexity index is 1090. The Kier molecular flexibility index (Phi) is 5.76. The first kappa shape index (κ1) is 20.8. The number of anilines is 1. The number of hydrogen-bond acceptors (Lipinski definition) is 3. The smallest absolute Gasteiger partial charge is 0.261 e. The average molecular weight is 441 g/mol. The molecule has 154 valence electrons. The quantitative estimate of drug-likeness (QED) is 0.464. The number of carbonyl (C=O) groups excluding carboxylic acids is 1. The van der Waals surface area contributed by atoms with E-state index in [1.807, 2.05) is 42.7 Å². The third-order valence-electron chi connectivity index (χ3n) is 5.77. The first-order valence-electron chi connectivity index (χ1n) is 9.67. The highest BCUT2D eigenvalue weighted by Crippen LogP contribution is 2.48. The predicted octanol–water partition coefficient (Wildman–Crippen LogP) is 6.35. The van der Waals surface area contributed by atoms with Gasteiger partial charge < -0.3 is 5.32 Å². The highest BCUT2D eigenvalue weighted by molar-refractivity contribution is 7.97. The first-order chi connectivity index (χ1) is 14.4. The van der Waals surface area contributed by atoms with Crippen LogP contribution in [0.3, 0.4) is 0 Å². The van der Waals surface area contributed by atoms with Crippen molar-refractivity contribution >= 4 is 35.1 Å². The zero-order chi connectivity index (χ0) is 21.3. The topological polar surface area (TPSA) is 41.1 Å². The fourth-order valence-corrected chi connectivity index (χ4v) is 4.68. The van der Waals surface area contributed by atoms with Crippen LogP contribution in [0.5, 0.6) is 0 Å². The summed E-state index contributed by atoms with van der Waals surface area (Å²) in [5, 5.41) is 3.68. The lowest BCUT2D eigenvalue weighted by molar-refractivity contribution is 0.0984. The van der Waals surface area contributed by atoms with Gasteiger partial charge in [0.2, 0.25) is 0 Å². The molecule has 4 rings (SSSR count). The van der Waals surface area contributed by atoms with E-state index in [-0.39, 0.29) is 22.4 Å². The van der Waals surface area contributed by atoms with Gasteiger partial charge in [0.05, 0.1) is 11.1 Å². The molecule has 1 aliphatic rings. The lowest BCUT2D eigenvalue weighted by Crippen LogP contribution is -2.35. The largest absolute Gasteiger partial charge is 0.378 e. The molecular weight excluding hydrogens is 419 g/mol. The number of rotatable bonds is 4. The Morgan fingerprint density at radius 3 is 2.63 bits per heavy atom. The van der Waals surface area contributed by atoms with Crippen molar-refractivity contribution in [1.29, 1.82) is 0 Å². The maximum Gasteiger partial charge on any atom is 0.261 e. The fraction of sp³-hybridized carbons (Fsp3) is 0.208. The summed E-state index contributed by atoms with van der Waals surface area (Å²) in [6.45, 7) is 2.19. The SMILES string of the molecule is CSNC(=O)c1ccc2c(c1)C(C)(c1ccccc1)CC(c1ccc(F)c(Cl)c1)N2. The lowest BCUT2D eigenvalue weighted by Gasteiger charge is -2.42. The van der Waals surface area contributed by atoms with Crippen LogP contribution in [0.2, 0.25) is 5.02 Å². The molecular formula is C24H22ClFN2OS. The number of hydrogen-bond donors (Lipinski definition) is 2. The van der Waals surface area contributed by atoms with Crippen LogP contribution in [0.1, 0.15) is 46.4 Å². The Balaban J connectivity index is 1.83. The van der Waals surface area contributed by atoms with E-state index in [0.717, 1.165) is 28.8 Å². The minimum Gasteiger partial charge on any atom is -0.378 e. The van der Waals surface area contributed by atoms with E-state index in [2.05, 4.69) is 29.1 Å². The standard InChI is InChI=1S/C24H22ClFN2OS/c1-24(17-6-4-3-5-7-17)14-22(15-8-10-20(26)19(25)13-15)27-21-11-9-16(12-18(21)24)23(29)28-30-2/h3-13,22,27H,14H2,1-2H3,(H,28,29). The molecule has 0 radical (unpaired) electrons. The van der Waals surface area contributed by atoms with E-state index in [1.54, 1.807) is 12.1 Å². The van der Waals surface area contributed by atoms with Crippen molar-refractivity contribution in [2.75, 3.05) is 11.6 Å². The fourth-order valence-electron chi connectivity index (χ4n) is 4.19. The van der Waals surface area contributed by atoms with Gasteiger partial charge in [0, 0.05) is 22.9 Å². The minimum absolute atomic E-state index is 0.0494. The van der Waals surface area contributed by atoms with Crippen LogP contribution in [0.25, 0.3) is 0 Å². The molecule has 2 atom stereocenters. The predicted molar refractivity (Wildman–Crippen MR) is 123 cm³/mol. The molecule has 3 aromatic rings. The molecule has 0 saturated carbocycles. The molecule has 2 N–H and O–H groups in total. The molecule has 0 bridgehead atoms. The molecule has 3 nitrogen and oxygen atoms in total. The van der Waals surface area contributed by atoms with E-state index in [1.165, 1.54) is 18.0 Å².